The number of hydrogen-bond acceptors (Lipinski definition) is 4. The summed E-state index contributed by atoms with van der Waals surface area (Å²) in [4.78, 5) is 27.3. The Morgan fingerprint density at radius 3 is 2.22 bits per heavy atom. The summed E-state index contributed by atoms with van der Waals surface area (Å²) in [5.74, 6) is -0.630. The van der Waals surface area contributed by atoms with Crippen LogP contribution in [0.2, 0.25) is 0 Å². The fraction of sp³-hybridized carbons (Fsp3) is 0.407. The molecule has 32 heavy (non-hydrogen) atoms. The maximum Gasteiger partial charge on any atom is 0.295 e. The summed E-state index contributed by atoms with van der Waals surface area (Å²) in [6.45, 7) is 7.29. The Morgan fingerprint density at radius 1 is 0.938 bits per heavy atom. The second-order valence-electron chi connectivity index (χ2n) is 8.17. The number of likely N-dealkylation sites (tertiary alicyclic amines) is 1. The Morgan fingerprint density at radius 2 is 1.62 bits per heavy atom. The molecule has 3 rings (SSSR count). The molecule has 1 unspecified atom stereocenters. The van der Waals surface area contributed by atoms with Crippen LogP contribution in [0.4, 0.5) is 0 Å². The molecule has 170 valence electrons. The number of aliphatic hydroxyl groups is 1. The van der Waals surface area contributed by atoms with Crippen LogP contribution in [0.1, 0.15) is 69.2 Å². The first-order chi connectivity index (χ1) is 15.5. The van der Waals surface area contributed by atoms with Crippen LogP contribution in [0.25, 0.3) is 5.76 Å². The van der Waals surface area contributed by atoms with Crippen LogP contribution in [0.5, 0.6) is 5.75 Å². The predicted octanol–water partition coefficient (Wildman–Crippen LogP) is 5.65. The average Bonchev–Trinajstić information content (AvgIpc) is 3.07. The largest absolute Gasteiger partial charge is 0.507 e. The number of hydrogen-bond donors (Lipinski definition) is 1. The van der Waals surface area contributed by atoms with Crippen LogP contribution in [0, 0.1) is 0 Å². The van der Waals surface area contributed by atoms with Crippen LogP contribution < -0.4 is 4.74 Å². The first-order valence-electron chi connectivity index (χ1n) is 11.6. The molecule has 5 nitrogen and oxygen atoms in total. The van der Waals surface area contributed by atoms with Crippen LogP contribution >= 0.6 is 0 Å². The Labute approximate surface area is 190 Å². The van der Waals surface area contributed by atoms with Gasteiger partial charge in [-0.25, -0.2) is 0 Å². The Kier molecular flexibility index (Phi) is 8.09. The molecule has 1 fully saturated rings. The summed E-state index contributed by atoms with van der Waals surface area (Å²) >= 11 is 0. The molecule has 5 heteroatoms. The highest BCUT2D eigenvalue weighted by atomic mass is 16.5. The van der Waals surface area contributed by atoms with Gasteiger partial charge >= 0.3 is 0 Å². The van der Waals surface area contributed by atoms with Crippen molar-refractivity contribution in [2.24, 2.45) is 0 Å². The molecular weight excluding hydrogens is 402 g/mol. The number of Topliss-reactive ketones (excluding diaryl/α,β-unsaturated/α-hetero) is 1. The van der Waals surface area contributed by atoms with Crippen molar-refractivity contribution in [2.45, 2.75) is 58.9 Å². The van der Waals surface area contributed by atoms with Crippen molar-refractivity contribution < 1.29 is 19.4 Å². The van der Waals surface area contributed by atoms with E-state index in [1.54, 1.807) is 29.2 Å². The van der Waals surface area contributed by atoms with Crippen molar-refractivity contribution in [1.82, 2.24) is 4.90 Å². The van der Waals surface area contributed by atoms with Gasteiger partial charge in [0.15, 0.2) is 0 Å². The van der Waals surface area contributed by atoms with Gasteiger partial charge in [-0.1, -0.05) is 57.9 Å². The molecule has 1 N–H and O–H groups in total. The van der Waals surface area contributed by atoms with E-state index in [-0.39, 0.29) is 11.3 Å². The third kappa shape index (κ3) is 5.04. The lowest BCUT2D eigenvalue weighted by molar-refractivity contribution is -0.139. The van der Waals surface area contributed by atoms with Gasteiger partial charge in [0.05, 0.1) is 18.2 Å². The Hall–Kier alpha value is -3.08. The van der Waals surface area contributed by atoms with Gasteiger partial charge in [-0.05, 0) is 54.7 Å². The van der Waals surface area contributed by atoms with Crippen molar-refractivity contribution in [3.8, 4) is 5.75 Å². The molecule has 0 aliphatic carbocycles. The summed E-state index contributed by atoms with van der Waals surface area (Å²) in [5.41, 5.74) is 2.64. The molecule has 2 aromatic rings. The summed E-state index contributed by atoms with van der Waals surface area (Å²) in [6, 6.07) is 14.3. The number of ketones is 1. The van der Waals surface area contributed by atoms with Crippen molar-refractivity contribution in [2.75, 3.05) is 13.2 Å². The van der Waals surface area contributed by atoms with Crippen molar-refractivity contribution >= 4 is 17.4 Å². The monoisotopic (exact) mass is 435 g/mol. The maximum atomic E-state index is 12.9. The molecular formula is C27H33NO4. The first-order valence-corrected chi connectivity index (χ1v) is 11.6. The van der Waals surface area contributed by atoms with Crippen molar-refractivity contribution in [3.63, 3.8) is 0 Å². The highest BCUT2D eigenvalue weighted by molar-refractivity contribution is 6.46. The van der Waals surface area contributed by atoms with Crippen molar-refractivity contribution in [3.05, 3.63) is 70.8 Å². The highest BCUT2D eigenvalue weighted by Gasteiger charge is 2.45. The molecule has 1 aliphatic rings. The van der Waals surface area contributed by atoms with E-state index < -0.39 is 17.7 Å². The topological polar surface area (TPSA) is 66.8 Å². The molecule has 1 saturated heterocycles. The SMILES string of the molecule is CCCCCOc1ccc(/C(O)=C2/C(=O)C(=O)N(CCC)C2c2ccc(CC)cc2)cc1. The van der Waals surface area contributed by atoms with Gasteiger partial charge in [0.1, 0.15) is 11.5 Å². The zero-order valence-corrected chi connectivity index (χ0v) is 19.3. The Bertz CT molecular complexity index is 960. The molecule has 1 aliphatic heterocycles. The summed E-state index contributed by atoms with van der Waals surface area (Å²) in [6.07, 6.45) is 4.88. The van der Waals surface area contributed by atoms with E-state index in [0.29, 0.717) is 18.7 Å². The minimum Gasteiger partial charge on any atom is -0.507 e. The predicted molar refractivity (Wildman–Crippen MR) is 127 cm³/mol. The number of nitrogens with zero attached hydrogens (tertiary/aromatic N) is 1. The molecule has 1 amide bonds. The zero-order valence-electron chi connectivity index (χ0n) is 19.3. The van der Waals surface area contributed by atoms with Gasteiger partial charge in [-0.3, -0.25) is 9.59 Å². The van der Waals surface area contributed by atoms with Gasteiger partial charge in [0.2, 0.25) is 0 Å². The number of unbranched alkanes of at least 4 members (excludes halogenated alkanes) is 2. The fourth-order valence-electron chi connectivity index (χ4n) is 4.04. The van der Waals surface area contributed by atoms with Gasteiger partial charge in [0, 0.05) is 12.1 Å². The number of carbonyl (C=O) groups excluding carboxylic acids is 2. The molecule has 0 radical (unpaired) electrons. The molecule has 1 atom stereocenters. The number of aliphatic hydroxyl groups excluding tert-OH is 1. The number of rotatable bonds is 10. The second-order valence-corrected chi connectivity index (χ2v) is 8.17. The van der Waals surface area contributed by atoms with Crippen LogP contribution in [0.15, 0.2) is 54.1 Å². The third-order valence-corrected chi connectivity index (χ3v) is 5.85. The molecule has 1 heterocycles. The van der Waals surface area contributed by atoms with Gasteiger partial charge in [-0.15, -0.1) is 0 Å². The van der Waals surface area contributed by atoms with Gasteiger partial charge in [0.25, 0.3) is 11.7 Å². The van der Waals surface area contributed by atoms with E-state index in [4.69, 9.17) is 4.74 Å². The van der Waals surface area contributed by atoms with Crippen LogP contribution in [0.3, 0.4) is 0 Å². The third-order valence-electron chi connectivity index (χ3n) is 5.85. The number of carbonyl (C=O) groups is 2. The maximum absolute atomic E-state index is 12.9. The van der Waals surface area contributed by atoms with E-state index in [9.17, 15) is 14.7 Å². The first kappa shape index (κ1) is 23.6. The molecule has 0 saturated carbocycles. The highest BCUT2D eigenvalue weighted by Crippen LogP contribution is 2.39. The molecule has 0 spiro atoms. The van der Waals surface area contributed by atoms with Gasteiger partial charge < -0.3 is 14.7 Å². The number of amides is 1. The van der Waals surface area contributed by atoms with Crippen molar-refractivity contribution in [1.29, 1.82) is 0 Å². The van der Waals surface area contributed by atoms with E-state index in [0.717, 1.165) is 43.4 Å². The standard InChI is InChI=1S/C27H33NO4/c1-4-7-8-18-32-22-15-13-21(14-16-22)25(29)23-24(20-11-9-19(6-3)10-12-20)28(17-5-2)27(31)26(23)30/h9-16,24,29H,4-8,17-18H2,1-3H3/b25-23-. The number of benzene rings is 2. The number of aryl methyl sites for hydroxylation is 1. The minimum absolute atomic E-state index is 0.143. The smallest absolute Gasteiger partial charge is 0.295 e. The lowest BCUT2D eigenvalue weighted by atomic mass is 9.94. The minimum atomic E-state index is -0.639. The zero-order chi connectivity index (χ0) is 23.1. The van der Waals surface area contributed by atoms with Gasteiger partial charge in [-0.2, -0.15) is 0 Å². The molecule has 0 aromatic heterocycles. The summed E-state index contributed by atoms with van der Waals surface area (Å²) < 4.78 is 5.74. The fourth-order valence-corrected chi connectivity index (χ4v) is 4.04. The van der Waals surface area contributed by atoms with Crippen LogP contribution in [-0.4, -0.2) is 34.8 Å². The quantitative estimate of drug-likeness (QED) is 0.227. The number of ether oxygens (including phenoxy) is 1. The second kappa shape index (κ2) is 11.0. The van der Waals surface area contributed by atoms with Crippen LogP contribution in [-0.2, 0) is 16.0 Å². The average molecular weight is 436 g/mol. The van der Waals surface area contributed by atoms with E-state index >= 15 is 0 Å². The summed E-state index contributed by atoms with van der Waals surface area (Å²) in [5, 5.41) is 11.1. The van der Waals surface area contributed by atoms with E-state index in [2.05, 4.69) is 13.8 Å². The van der Waals surface area contributed by atoms with E-state index in [1.807, 2.05) is 31.2 Å². The molecule has 0 bridgehead atoms. The summed E-state index contributed by atoms with van der Waals surface area (Å²) in [7, 11) is 0. The Balaban J connectivity index is 1.95. The normalized spacial score (nSPS) is 17.7. The van der Waals surface area contributed by atoms with E-state index in [1.165, 1.54) is 5.56 Å². The lowest BCUT2D eigenvalue weighted by Gasteiger charge is -2.25. The lowest BCUT2D eigenvalue weighted by Crippen LogP contribution is -2.30. The molecule has 2 aromatic carbocycles.